The number of carbonyl (C=O) groups excluding carboxylic acids is 1. The van der Waals surface area contributed by atoms with Crippen LogP contribution in [0.1, 0.15) is 15.9 Å². The lowest BCUT2D eigenvalue weighted by Gasteiger charge is -2.34. The van der Waals surface area contributed by atoms with Crippen molar-refractivity contribution < 1.29 is 17.9 Å². The fourth-order valence-corrected chi connectivity index (χ4v) is 5.27. The molecule has 33 heavy (non-hydrogen) atoms. The van der Waals surface area contributed by atoms with Gasteiger partial charge in [0.05, 0.1) is 17.7 Å². The third-order valence-electron chi connectivity index (χ3n) is 5.69. The molecule has 7 nitrogen and oxygen atoms in total. The van der Waals surface area contributed by atoms with Crippen LogP contribution >= 0.6 is 0 Å². The monoisotopic (exact) mass is 465 g/mol. The highest BCUT2D eigenvalue weighted by atomic mass is 32.2. The molecule has 8 heteroatoms. The Balaban J connectivity index is 1.32. The first-order chi connectivity index (χ1) is 16.0. The van der Waals surface area contributed by atoms with Gasteiger partial charge in [0.2, 0.25) is 10.0 Å². The van der Waals surface area contributed by atoms with Gasteiger partial charge in [0, 0.05) is 38.3 Å². The van der Waals surface area contributed by atoms with E-state index >= 15 is 0 Å². The molecule has 0 saturated carbocycles. The number of amides is 1. The third-order valence-corrected chi connectivity index (χ3v) is 7.60. The van der Waals surface area contributed by atoms with Crippen molar-refractivity contribution in [2.75, 3.05) is 38.6 Å². The highest BCUT2D eigenvalue weighted by molar-refractivity contribution is 7.89. The molecule has 0 unspecified atom stereocenters. The zero-order valence-corrected chi connectivity index (χ0v) is 19.3. The van der Waals surface area contributed by atoms with Crippen molar-refractivity contribution in [3.8, 4) is 5.75 Å². The molecule has 1 saturated heterocycles. The molecule has 0 aromatic heterocycles. The second-order valence-electron chi connectivity index (χ2n) is 7.84. The normalized spacial score (nSPS) is 15.2. The predicted molar refractivity (Wildman–Crippen MR) is 128 cm³/mol. The zero-order chi connectivity index (χ0) is 23.3. The lowest BCUT2D eigenvalue weighted by atomic mass is 10.1. The van der Waals surface area contributed by atoms with Crippen molar-refractivity contribution in [3.63, 3.8) is 0 Å². The number of nitrogens with one attached hydrogen (secondary N) is 1. The van der Waals surface area contributed by atoms with E-state index in [1.165, 1.54) is 0 Å². The second-order valence-corrected chi connectivity index (χ2v) is 9.78. The lowest BCUT2D eigenvalue weighted by molar-refractivity contribution is 0.102. The van der Waals surface area contributed by atoms with Gasteiger partial charge in [-0.1, -0.05) is 42.5 Å². The summed E-state index contributed by atoms with van der Waals surface area (Å²) >= 11 is 0. The minimum atomic E-state index is -3.45. The number of methoxy groups -OCH3 is 1. The van der Waals surface area contributed by atoms with E-state index in [1.54, 1.807) is 59.9 Å². The molecule has 4 rings (SSSR count). The average molecular weight is 466 g/mol. The number of ether oxygens (including phenoxy) is 1. The Bertz CT molecular complexity index is 1190. The summed E-state index contributed by atoms with van der Waals surface area (Å²) in [6.07, 6.45) is 0. The summed E-state index contributed by atoms with van der Waals surface area (Å²) in [6.45, 7) is 2.92. The number of hydrogen-bond donors (Lipinski definition) is 1. The van der Waals surface area contributed by atoms with E-state index < -0.39 is 10.0 Å². The van der Waals surface area contributed by atoms with Crippen molar-refractivity contribution >= 4 is 21.6 Å². The zero-order valence-electron chi connectivity index (χ0n) is 18.5. The Morgan fingerprint density at radius 3 is 2.18 bits per heavy atom. The second kappa shape index (κ2) is 10.2. The first-order valence-electron chi connectivity index (χ1n) is 10.8. The van der Waals surface area contributed by atoms with E-state index in [0.29, 0.717) is 54.6 Å². The summed E-state index contributed by atoms with van der Waals surface area (Å²) in [4.78, 5) is 15.1. The molecule has 1 N–H and O–H groups in total. The van der Waals surface area contributed by atoms with Crippen molar-refractivity contribution in [3.05, 3.63) is 90.0 Å². The number of benzene rings is 3. The van der Waals surface area contributed by atoms with Gasteiger partial charge in [0.15, 0.2) is 0 Å². The molecule has 0 bridgehead atoms. The van der Waals surface area contributed by atoms with Crippen LogP contribution in [0.4, 0.5) is 5.69 Å². The first kappa shape index (κ1) is 23.0. The van der Waals surface area contributed by atoms with Gasteiger partial charge < -0.3 is 10.1 Å². The molecule has 1 aliphatic heterocycles. The lowest BCUT2D eigenvalue weighted by Crippen LogP contribution is -2.48. The van der Waals surface area contributed by atoms with Crippen molar-refractivity contribution in [2.24, 2.45) is 0 Å². The molecule has 1 amide bonds. The molecule has 1 fully saturated rings. The molecular formula is C25H27N3O4S. The number of nitrogens with zero attached hydrogens (tertiary/aromatic N) is 2. The maximum absolute atomic E-state index is 12.8. The number of carbonyl (C=O) groups is 1. The van der Waals surface area contributed by atoms with Crippen LogP contribution in [0.5, 0.6) is 5.75 Å². The number of para-hydroxylation sites is 2. The van der Waals surface area contributed by atoms with Crippen molar-refractivity contribution in [2.45, 2.75) is 11.4 Å². The van der Waals surface area contributed by atoms with Gasteiger partial charge in [-0.05, 0) is 42.0 Å². The number of piperazine rings is 1. The highest BCUT2D eigenvalue weighted by Crippen LogP contribution is 2.24. The molecule has 0 atom stereocenters. The van der Waals surface area contributed by atoms with E-state index in [2.05, 4.69) is 10.2 Å². The van der Waals surface area contributed by atoms with Crippen LogP contribution in [0.15, 0.2) is 83.8 Å². The summed E-state index contributed by atoms with van der Waals surface area (Å²) in [7, 11) is -1.88. The smallest absolute Gasteiger partial charge is 0.255 e. The van der Waals surface area contributed by atoms with Gasteiger partial charge in [0.25, 0.3) is 5.91 Å². The Kier molecular flexibility index (Phi) is 7.08. The number of anilines is 1. The maximum atomic E-state index is 12.8. The quantitative estimate of drug-likeness (QED) is 0.578. The summed E-state index contributed by atoms with van der Waals surface area (Å²) < 4.78 is 32.4. The molecule has 0 spiro atoms. The van der Waals surface area contributed by atoms with Crippen LogP contribution in [0, 0.1) is 0 Å². The fraction of sp³-hybridized carbons (Fsp3) is 0.240. The Labute approximate surface area is 194 Å². The third kappa shape index (κ3) is 5.42. The summed E-state index contributed by atoms with van der Waals surface area (Å²) in [6, 6.07) is 23.3. The topological polar surface area (TPSA) is 79.0 Å². The molecular weight excluding hydrogens is 438 g/mol. The maximum Gasteiger partial charge on any atom is 0.255 e. The largest absolute Gasteiger partial charge is 0.495 e. The van der Waals surface area contributed by atoms with E-state index in [9.17, 15) is 13.2 Å². The summed E-state index contributed by atoms with van der Waals surface area (Å²) in [5.41, 5.74) is 2.25. The standard InChI is InChI=1S/C25H27N3O4S/c1-32-24-10-6-5-9-23(24)26-25(29)21-13-11-20(12-14-21)19-27-15-17-28(18-16-27)33(30,31)22-7-3-2-4-8-22/h2-14H,15-19H2,1H3,(H,26,29). The number of sulfonamides is 1. The number of rotatable bonds is 7. The van der Waals surface area contributed by atoms with E-state index in [-0.39, 0.29) is 5.91 Å². The van der Waals surface area contributed by atoms with Crippen molar-refractivity contribution in [1.82, 2.24) is 9.21 Å². The van der Waals surface area contributed by atoms with E-state index in [1.807, 2.05) is 30.3 Å². The predicted octanol–water partition coefficient (Wildman–Crippen LogP) is 3.45. The van der Waals surface area contributed by atoms with Gasteiger partial charge in [-0.3, -0.25) is 9.69 Å². The van der Waals surface area contributed by atoms with E-state index in [0.717, 1.165) is 5.56 Å². The van der Waals surface area contributed by atoms with Gasteiger partial charge in [-0.25, -0.2) is 8.42 Å². The van der Waals surface area contributed by atoms with Crippen LogP contribution in [0.2, 0.25) is 0 Å². The summed E-state index contributed by atoms with van der Waals surface area (Å²) in [5, 5.41) is 2.87. The Morgan fingerprint density at radius 2 is 1.52 bits per heavy atom. The van der Waals surface area contributed by atoms with E-state index in [4.69, 9.17) is 4.74 Å². The van der Waals surface area contributed by atoms with Gasteiger partial charge in [-0.15, -0.1) is 0 Å². The molecule has 172 valence electrons. The molecule has 1 heterocycles. The van der Waals surface area contributed by atoms with Crippen LogP contribution < -0.4 is 10.1 Å². The molecule has 3 aromatic rings. The Morgan fingerprint density at radius 1 is 0.879 bits per heavy atom. The van der Waals surface area contributed by atoms with Crippen LogP contribution in [0.25, 0.3) is 0 Å². The first-order valence-corrected chi connectivity index (χ1v) is 12.2. The molecule has 3 aromatic carbocycles. The van der Waals surface area contributed by atoms with Crippen molar-refractivity contribution in [1.29, 1.82) is 0 Å². The average Bonchev–Trinajstić information content (AvgIpc) is 2.85. The van der Waals surface area contributed by atoms with Crippen LogP contribution in [-0.2, 0) is 16.6 Å². The minimum Gasteiger partial charge on any atom is -0.495 e. The molecule has 1 aliphatic rings. The van der Waals surface area contributed by atoms with Gasteiger partial charge in [-0.2, -0.15) is 4.31 Å². The number of hydrogen-bond acceptors (Lipinski definition) is 5. The molecule has 0 radical (unpaired) electrons. The van der Waals surface area contributed by atoms with Gasteiger partial charge in [0.1, 0.15) is 5.75 Å². The Hall–Kier alpha value is -3.20. The highest BCUT2D eigenvalue weighted by Gasteiger charge is 2.28. The fourth-order valence-electron chi connectivity index (χ4n) is 3.83. The minimum absolute atomic E-state index is 0.203. The SMILES string of the molecule is COc1ccccc1NC(=O)c1ccc(CN2CCN(S(=O)(=O)c3ccccc3)CC2)cc1. The van der Waals surface area contributed by atoms with Crippen LogP contribution in [0.3, 0.4) is 0 Å². The van der Waals surface area contributed by atoms with Gasteiger partial charge >= 0.3 is 0 Å². The summed E-state index contributed by atoms with van der Waals surface area (Å²) in [5.74, 6) is 0.404. The molecule has 0 aliphatic carbocycles. The van der Waals surface area contributed by atoms with Crippen LogP contribution in [-0.4, -0.2) is 56.8 Å².